The fourth-order valence-corrected chi connectivity index (χ4v) is 17.6. The SMILES string of the molecule is [Ir].[Ir].[c-]1cc(-c2ccccc2-c2cc(-c3ccccc3-c3c[c-]c(N4[CH-]N(c5ccccc5)c5ccccc54)cc3)cc(-c3ccccc3-c3c[c-]c(-c4[c-]cc(-c5ccccc5-c5cc(-c6ccccc6-c6c[c-]c(-c7ccccn7)cc6)cc(-c6ccccc6-c6c[c-]c(N7[CH-]N(c8ccccc8)c8ccccc87)cc6)c5)cn4)nc3)c2)ccc1-c1ccccn1. The van der Waals surface area contributed by atoms with Crippen molar-refractivity contribution in [3.63, 3.8) is 0 Å². The van der Waals surface area contributed by atoms with Crippen LogP contribution in [0.5, 0.6) is 0 Å². The summed E-state index contributed by atoms with van der Waals surface area (Å²) in [5, 5.41) is 0. The van der Waals surface area contributed by atoms with Gasteiger partial charge in [0.1, 0.15) is 0 Å². The first-order valence-corrected chi connectivity index (χ1v) is 42.2. The van der Waals surface area contributed by atoms with Crippen LogP contribution in [-0.2, 0) is 40.2 Å². The van der Waals surface area contributed by atoms with E-state index in [0.717, 1.165) is 202 Å². The van der Waals surface area contributed by atoms with Gasteiger partial charge in [0, 0.05) is 86.7 Å². The number of rotatable bonds is 19. The van der Waals surface area contributed by atoms with Crippen LogP contribution in [-0.4, -0.2) is 19.9 Å². The molecule has 6 heterocycles. The minimum atomic E-state index is 0. The number of benzene rings is 16. The maximum atomic E-state index is 5.15. The van der Waals surface area contributed by atoms with Crippen LogP contribution in [0.3, 0.4) is 0 Å². The molecule has 128 heavy (non-hydrogen) atoms. The summed E-state index contributed by atoms with van der Waals surface area (Å²) in [4.78, 5) is 28.5. The molecule has 0 N–H and O–H groups in total. The zero-order valence-corrected chi connectivity index (χ0v) is 73.8. The number of hydrogen-bond acceptors (Lipinski definition) is 8. The Kier molecular flexibility index (Phi) is 22.8. The van der Waals surface area contributed by atoms with E-state index in [1.165, 1.54) is 0 Å². The quantitative estimate of drug-likeness (QED) is 0.0742. The monoisotopic (exact) mass is 1990 g/mol. The zero-order chi connectivity index (χ0) is 83.6. The molecule has 0 spiro atoms. The van der Waals surface area contributed by atoms with E-state index in [1.54, 1.807) is 0 Å². The predicted molar refractivity (Wildman–Crippen MR) is 515 cm³/mol. The molecule has 4 aromatic heterocycles. The van der Waals surface area contributed by atoms with E-state index in [4.69, 9.17) is 9.97 Å². The fourth-order valence-electron chi connectivity index (χ4n) is 17.6. The molecule has 0 saturated carbocycles. The van der Waals surface area contributed by atoms with E-state index in [9.17, 15) is 0 Å². The van der Waals surface area contributed by atoms with Gasteiger partial charge in [-0.3, -0.25) is 0 Å². The topological polar surface area (TPSA) is 64.5 Å². The van der Waals surface area contributed by atoms with Crippen LogP contribution in [0.15, 0.2) is 437 Å². The van der Waals surface area contributed by atoms with Gasteiger partial charge in [0.25, 0.3) is 0 Å². The van der Waals surface area contributed by atoms with Gasteiger partial charge in [0.15, 0.2) is 0 Å². The maximum Gasteiger partial charge on any atom is 0.0344 e. The van der Waals surface area contributed by atoms with Crippen LogP contribution in [0.2, 0.25) is 0 Å². The summed E-state index contributed by atoms with van der Waals surface area (Å²) in [6.45, 7) is 4.31. The molecule has 0 bridgehead atoms. The standard InChI is InChI=1S/C118H74N8.2Ir/c1-3-27-95(28-4-1)123-79-125(117-47-21-19-45-115(117)123)97-63-57-83(58-64-97)101-33-9-15-39-107(101)91-71-89(105-37-13-7-31-99(105)81-49-53-85(54-50-81)111-43-23-25-69-119-111)73-93(75-91)109-41-17-11-35-103(109)87-61-67-113(121-77-87)114-68-62-88(78-122-114)104-36-12-18-42-110(104)94-74-90(106-38-14-8-32-100(106)82-51-55-86(56-52-82)112-44-24-26-70-120-112)72-92(76-94)108-40-16-10-34-102(108)84-59-65-98(66-60-84)126-80-124(96-29-5-2-6-30-96)116-46-20-22-48-118(116)126;;/h1-53,55,57-63,65,69-80H;;/q-8;;. The molecule has 2 aliphatic heterocycles. The van der Waals surface area contributed by atoms with Gasteiger partial charge in [0.05, 0.1) is 0 Å². The molecule has 22 rings (SSSR count). The van der Waals surface area contributed by atoms with Gasteiger partial charge < -0.3 is 39.5 Å². The third-order valence-corrected chi connectivity index (χ3v) is 23.7. The van der Waals surface area contributed by atoms with Gasteiger partial charge in [-0.1, -0.05) is 286 Å². The summed E-state index contributed by atoms with van der Waals surface area (Å²) in [5.74, 6) is 0. The van der Waals surface area contributed by atoms with Crippen molar-refractivity contribution in [2.24, 2.45) is 0 Å². The van der Waals surface area contributed by atoms with E-state index in [1.807, 2.05) is 73.3 Å². The fraction of sp³-hybridized carbons (Fsp3) is 0. The van der Waals surface area contributed by atoms with E-state index in [2.05, 4.69) is 443 Å². The van der Waals surface area contributed by atoms with Crippen molar-refractivity contribution in [2.75, 3.05) is 19.6 Å². The van der Waals surface area contributed by atoms with Gasteiger partial charge >= 0.3 is 0 Å². The Balaban J connectivity index is 0.00000514. The van der Waals surface area contributed by atoms with Crippen molar-refractivity contribution in [1.82, 2.24) is 19.9 Å². The minimum absolute atomic E-state index is 0. The smallest absolute Gasteiger partial charge is 0.0344 e. The summed E-state index contributed by atoms with van der Waals surface area (Å²) in [5.41, 5.74) is 38.5. The summed E-state index contributed by atoms with van der Waals surface area (Å²) in [7, 11) is 0. The van der Waals surface area contributed by atoms with Crippen LogP contribution >= 0.6 is 0 Å². The first-order chi connectivity index (χ1) is 62.5. The third kappa shape index (κ3) is 16.0. The average Bonchev–Trinajstić information content (AvgIpc) is 0.841. The second-order valence-electron chi connectivity index (χ2n) is 31.3. The molecular formula is C118H74Ir2N8-8. The molecule has 0 amide bonds. The molecule has 16 aromatic carbocycles. The molecule has 8 nitrogen and oxygen atoms in total. The third-order valence-electron chi connectivity index (χ3n) is 23.7. The molecule has 2 radical (unpaired) electrons. The van der Waals surface area contributed by atoms with E-state index in [-0.39, 0.29) is 40.2 Å². The van der Waals surface area contributed by atoms with Crippen LogP contribution in [0.1, 0.15) is 0 Å². The summed E-state index contributed by atoms with van der Waals surface area (Å²) in [6.07, 6.45) is 7.53. The molecule has 0 aliphatic carbocycles. The van der Waals surface area contributed by atoms with E-state index >= 15 is 0 Å². The largest absolute Gasteiger partial charge is 0.493 e. The second-order valence-corrected chi connectivity index (χ2v) is 31.3. The van der Waals surface area contributed by atoms with Crippen molar-refractivity contribution in [3.8, 4) is 167 Å². The first kappa shape index (κ1) is 81.0. The van der Waals surface area contributed by atoms with Gasteiger partial charge in [-0.2, -0.15) is 48.5 Å². The predicted octanol–water partition coefficient (Wildman–Crippen LogP) is 29.9. The Morgan fingerprint density at radius 3 is 0.703 bits per heavy atom. The van der Waals surface area contributed by atoms with E-state index in [0.29, 0.717) is 11.4 Å². The number of hydrogen-bond donors (Lipinski definition) is 0. The van der Waals surface area contributed by atoms with Crippen LogP contribution in [0.4, 0.5) is 45.5 Å². The zero-order valence-electron chi connectivity index (χ0n) is 69.0. The van der Waals surface area contributed by atoms with Crippen molar-refractivity contribution in [3.05, 3.63) is 487 Å². The molecule has 0 fully saturated rings. The molecular weight excluding hydrogens is 1910 g/mol. The Hall–Kier alpha value is -15.4. The Morgan fingerprint density at radius 1 is 0.195 bits per heavy atom. The average molecular weight is 1990 g/mol. The van der Waals surface area contributed by atoms with Gasteiger partial charge in [-0.05, 0) is 188 Å². The summed E-state index contributed by atoms with van der Waals surface area (Å²) >= 11 is 0. The van der Waals surface area contributed by atoms with Crippen LogP contribution in [0, 0.1) is 49.7 Å². The Morgan fingerprint density at radius 2 is 0.445 bits per heavy atom. The number of nitrogens with zero attached hydrogens (tertiary/aromatic N) is 8. The minimum Gasteiger partial charge on any atom is -0.493 e. The van der Waals surface area contributed by atoms with Crippen molar-refractivity contribution < 1.29 is 40.2 Å². The van der Waals surface area contributed by atoms with E-state index < -0.39 is 0 Å². The Labute approximate surface area is 773 Å². The van der Waals surface area contributed by atoms with Crippen molar-refractivity contribution in [1.29, 1.82) is 0 Å². The van der Waals surface area contributed by atoms with Crippen LogP contribution in [0.25, 0.3) is 167 Å². The number of para-hydroxylation sites is 6. The number of anilines is 8. The molecule has 20 aromatic rings. The van der Waals surface area contributed by atoms with Gasteiger partial charge in [-0.15, -0.1) is 119 Å². The Bertz CT molecular complexity index is 6920. The van der Waals surface area contributed by atoms with Crippen molar-refractivity contribution >= 4 is 45.5 Å². The number of pyridine rings is 4. The number of fused-ring (bicyclic) bond motifs is 2. The first-order valence-electron chi connectivity index (χ1n) is 42.2. The van der Waals surface area contributed by atoms with Gasteiger partial charge in [0.2, 0.25) is 0 Å². The molecule has 0 saturated heterocycles. The van der Waals surface area contributed by atoms with Crippen LogP contribution < -0.4 is 19.6 Å². The maximum absolute atomic E-state index is 5.15. The van der Waals surface area contributed by atoms with Gasteiger partial charge in [-0.25, -0.2) is 12.1 Å². The normalized spacial score (nSPS) is 12.0. The summed E-state index contributed by atoms with van der Waals surface area (Å²) < 4.78 is 0. The second kappa shape index (κ2) is 36.1. The van der Waals surface area contributed by atoms with Crippen molar-refractivity contribution in [2.45, 2.75) is 0 Å². The molecule has 612 valence electrons. The molecule has 0 unspecified atom stereocenters. The number of aromatic nitrogens is 4. The summed E-state index contributed by atoms with van der Waals surface area (Å²) in [6, 6.07) is 168. The molecule has 0 atom stereocenters. The molecule has 2 aliphatic rings. The molecule has 10 heteroatoms.